The van der Waals surface area contributed by atoms with Crippen LogP contribution in [0.25, 0.3) is 0 Å². The summed E-state index contributed by atoms with van der Waals surface area (Å²) in [5, 5.41) is 2.70. The van der Waals surface area contributed by atoms with Crippen LogP contribution in [0.5, 0.6) is 5.75 Å². The predicted octanol–water partition coefficient (Wildman–Crippen LogP) is 1.03. The first-order valence-corrected chi connectivity index (χ1v) is 5.92. The summed E-state index contributed by atoms with van der Waals surface area (Å²) < 4.78 is 5.04. The highest BCUT2D eigenvalue weighted by Gasteiger charge is 2.28. The highest BCUT2D eigenvalue weighted by molar-refractivity contribution is 5.94. The summed E-state index contributed by atoms with van der Waals surface area (Å²) in [4.78, 5) is 22.8. The maximum absolute atomic E-state index is 11.7. The van der Waals surface area contributed by atoms with Crippen LogP contribution in [-0.2, 0) is 16.1 Å². The molecule has 5 heteroatoms. The van der Waals surface area contributed by atoms with Gasteiger partial charge >= 0.3 is 0 Å². The number of amides is 2. The SMILES string of the molecule is COc1ccc(CNC(=O)[CH]C(C)(C)C(N)=O)cc1. The molecule has 0 spiro atoms. The molecule has 5 nitrogen and oxygen atoms in total. The van der Waals surface area contributed by atoms with Gasteiger partial charge in [0, 0.05) is 6.54 Å². The number of carbonyl (C=O) groups is 2. The molecule has 0 fully saturated rings. The van der Waals surface area contributed by atoms with Crippen molar-refractivity contribution in [1.29, 1.82) is 0 Å². The molecule has 3 N–H and O–H groups in total. The molecule has 0 saturated carbocycles. The monoisotopic (exact) mass is 263 g/mol. The Kier molecular flexibility index (Phi) is 4.92. The van der Waals surface area contributed by atoms with Crippen molar-refractivity contribution < 1.29 is 14.3 Å². The number of nitrogens with one attached hydrogen (secondary N) is 1. The van der Waals surface area contributed by atoms with Gasteiger partial charge in [-0.15, -0.1) is 0 Å². The van der Waals surface area contributed by atoms with Gasteiger partial charge in [-0.25, -0.2) is 0 Å². The largest absolute Gasteiger partial charge is 0.497 e. The average molecular weight is 263 g/mol. The van der Waals surface area contributed by atoms with E-state index >= 15 is 0 Å². The molecule has 0 aliphatic heterocycles. The molecular formula is C14H19N2O3. The first-order chi connectivity index (χ1) is 8.85. The Bertz CT molecular complexity index is 452. The number of hydrogen-bond donors (Lipinski definition) is 2. The third-order valence-corrected chi connectivity index (χ3v) is 2.75. The Balaban J connectivity index is 2.48. The molecule has 1 rings (SSSR count). The maximum Gasteiger partial charge on any atom is 0.225 e. The van der Waals surface area contributed by atoms with E-state index in [0.717, 1.165) is 11.3 Å². The zero-order chi connectivity index (χ0) is 14.5. The molecule has 0 atom stereocenters. The van der Waals surface area contributed by atoms with Crippen molar-refractivity contribution in [2.45, 2.75) is 20.4 Å². The van der Waals surface area contributed by atoms with Crippen molar-refractivity contribution in [3.8, 4) is 5.75 Å². The molecule has 19 heavy (non-hydrogen) atoms. The fourth-order valence-corrected chi connectivity index (χ4v) is 1.38. The van der Waals surface area contributed by atoms with Crippen molar-refractivity contribution in [3.63, 3.8) is 0 Å². The lowest BCUT2D eigenvalue weighted by Crippen LogP contribution is -2.37. The quantitative estimate of drug-likeness (QED) is 0.804. The van der Waals surface area contributed by atoms with E-state index in [1.54, 1.807) is 21.0 Å². The van der Waals surface area contributed by atoms with E-state index in [-0.39, 0.29) is 5.91 Å². The van der Waals surface area contributed by atoms with E-state index in [0.29, 0.717) is 6.54 Å². The van der Waals surface area contributed by atoms with Crippen LogP contribution in [0.2, 0.25) is 0 Å². The minimum atomic E-state index is -0.954. The van der Waals surface area contributed by atoms with Crippen LogP contribution in [-0.4, -0.2) is 18.9 Å². The lowest BCUT2D eigenvalue weighted by atomic mass is 9.88. The van der Waals surface area contributed by atoms with Crippen molar-refractivity contribution in [2.75, 3.05) is 7.11 Å². The van der Waals surface area contributed by atoms with E-state index in [9.17, 15) is 9.59 Å². The molecule has 0 heterocycles. The molecule has 0 aliphatic rings. The molecule has 0 bridgehead atoms. The van der Waals surface area contributed by atoms with Gasteiger partial charge in [-0.05, 0) is 17.7 Å². The molecule has 1 aromatic carbocycles. The fourth-order valence-electron chi connectivity index (χ4n) is 1.38. The van der Waals surface area contributed by atoms with Gasteiger partial charge in [0.1, 0.15) is 5.75 Å². The topological polar surface area (TPSA) is 81.4 Å². The second kappa shape index (κ2) is 6.22. The number of ether oxygens (including phenoxy) is 1. The van der Waals surface area contributed by atoms with Crippen LogP contribution in [0.1, 0.15) is 19.4 Å². The normalized spacial score (nSPS) is 10.9. The summed E-state index contributed by atoms with van der Waals surface area (Å²) in [5.74, 6) is -0.0942. The smallest absolute Gasteiger partial charge is 0.225 e. The lowest BCUT2D eigenvalue weighted by molar-refractivity contribution is -0.128. The van der Waals surface area contributed by atoms with Crippen molar-refractivity contribution >= 4 is 11.8 Å². The first-order valence-electron chi connectivity index (χ1n) is 5.92. The summed E-state index contributed by atoms with van der Waals surface area (Å²) >= 11 is 0. The molecule has 0 saturated heterocycles. The third kappa shape index (κ3) is 4.62. The molecular weight excluding hydrogens is 244 g/mol. The van der Waals surface area contributed by atoms with E-state index in [1.807, 2.05) is 24.3 Å². The summed E-state index contributed by atoms with van der Waals surface area (Å²) in [5.41, 5.74) is 5.18. The predicted molar refractivity (Wildman–Crippen MR) is 72.1 cm³/mol. The van der Waals surface area contributed by atoms with Gasteiger partial charge in [-0.2, -0.15) is 0 Å². The summed E-state index contributed by atoms with van der Waals surface area (Å²) in [6.45, 7) is 3.58. The van der Waals surface area contributed by atoms with E-state index in [4.69, 9.17) is 10.5 Å². The molecule has 0 aliphatic carbocycles. The molecule has 103 valence electrons. The number of benzene rings is 1. The van der Waals surface area contributed by atoms with Crippen LogP contribution >= 0.6 is 0 Å². The maximum atomic E-state index is 11.7. The van der Waals surface area contributed by atoms with Gasteiger partial charge in [0.15, 0.2) is 0 Å². The van der Waals surface area contributed by atoms with Crippen molar-refractivity contribution in [3.05, 3.63) is 36.2 Å². The molecule has 0 aromatic heterocycles. The number of hydrogen-bond acceptors (Lipinski definition) is 3. The Morgan fingerprint density at radius 2 is 1.89 bits per heavy atom. The summed E-state index contributed by atoms with van der Waals surface area (Å²) in [6.07, 6.45) is 1.29. The number of carbonyl (C=O) groups excluding carboxylic acids is 2. The number of nitrogens with two attached hydrogens (primary N) is 1. The van der Waals surface area contributed by atoms with Gasteiger partial charge in [-0.3, -0.25) is 9.59 Å². The highest BCUT2D eigenvalue weighted by atomic mass is 16.5. The zero-order valence-electron chi connectivity index (χ0n) is 11.4. The van der Waals surface area contributed by atoms with Crippen LogP contribution in [0.3, 0.4) is 0 Å². The number of methoxy groups -OCH3 is 1. The van der Waals surface area contributed by atoms with Crippen LogP contribution in [0.4, 0.5) is 0 Å². The Hall–Kier alpha value is -2.04. The molecule has 1 radical (unpaired) electrons. The van der Waals surface area contributed by atoms with Crippen LogP contribution in [0, 0.1) is 11.8 Å². The zero-order valence-corrected chi connectivity index (χ0v) is 11.4. The first kappa shape index (κ1) is 15.0. The minimum absolute atomic E-state index is 0.320. The Morgan fingerprint density at radius 1 is 1.32 bits per heavy atom. The van der Waals surface area contributed by atoms with Gasteiger partial charge in [0.2, 0.25) is 11.8 Å². The van der Waals surface area contributed by atoms with Crippen LogP contribution in [0.15, 0.2) is 24.3 Å². The van der Waals surface area contributed by atoms with Gasteiger partial charge in [-0.1, -0.05) is 26.0 Å². The average Bonchev–Trinajstić information content (AvgIpc) is 2.36. The minimum Gasteiger partial charge on any atom is -0.497 e. The highest BCUT2D eigenvalue weighted by Crippen LogP contribution is 2.18. The Morgan fingerprint density at radius 3 is 2.37 bits per heavy atom. The van der Waals surface area contributed by atoms with E-state index in [1.165, 1.54) is 6.42 Å². The number of rotatable bonds is 6. The van der Waals surface area contributed by atoms with Crippen molar-refractivity contribution in [2.24, 2.45) is 11.1 Å². The summed E-state index contributed by atoms with van der Waals surface area (Å²) in [7, 11) is 1.59. The van der Waals surface area contributed by atoms with Gasteiger partial charge in [0.05, 0.1) is 18.9 Å². The van der Waals surface area contributed by atoms with E-state index in [2.05, 4.69) is 5.32 Å². The van der Waals surface area contributed by atoms with Crippen molar-refractivity contribution in [1.82, 2.24) is 5.32 Å². The van der Waals surface area contributed by atoms with Crippen LogP contribution < -0.4 is 15.8 Å². The summed E-state index contributed by atoms with van der Waals surface area (Å²) in [6, 6.07) is 7.35. The second-order valence-corrected chi connectivity index (χ2v) is 4.80. The van der Waals surface area contributed by atoms with Gasteiger partial charge < -0.3 is 15.8 Å². The third-order valence-electron chi connectivity index (χ3n) is 2.75. The molecule has 2 amide bonds. The van der Waals surface area contributed by atoms with E-state index < -0.39 is 11.3 Å². The standard InChI is InChI=1S/C14H19N2O3/c1-14(2,13(15)18)8-12(17)16-9-10-4-6-11(19-3)7-5-10/h4-8H,9H2,1-3H3,(H2,15,18)(H,16,17). The second-order valence-electron chi connectivity index (χ2n) is 4.80. The molecule has 1 aromatic rings. The Labute approximate surface area is 113 Å². The molecule has 0 unspecified atom stereocenters. The fraction of sp³-hybridized carbons (Fsp3) is 0.357. The number of primary amides is 1. The lowest BCUT2D eigenvalue weighted by Gasteiger charge is -2.18. The van der Waals surface area contributed by atoms with Gasteiger partial charge in [0.25, 0.3) is 0 Å².